The molecule has 1 heterocycles. The molecule has 2 rings (SSSR count). The molecule has 0 unspecified atom stereocenters. The summed E-state index contributed by atoms with van der Waals surface area (Å²) >= 11 is 0. The Kier molecular flexibility index (Phi) is 1.37. The Balaban J connectivity index is 3.01. The number of fused-ring (bicyclic) bond motifs is 1. The van der Waals surface area contributed by atoms with E-state index >= 15 is 0 Å². The van der Waals surface area contributed by atoms with Crippen molar-refractivity contribution in [3.8, 4) is 0 Å². The monoisotopic (exact) mass is 161 g/mol. The fourth-order valence-electron chi connectivity index (χ4n) is 1.18. The summed E-state index contributed by atoms with van der Waals surface area (Å²) in [5, 5.41) is 10.4. The van der Waals surface area contributed by atoms with Gasteiger partial charge in [-0.15, -0.1) is 0 Å². The number of nitrogens with zero attached hydrogens (tertiary/aromatic N) is 1. The van der Waals surface area contributed by atoms with Crippen LogP contribution in [0.1, 0.15) is 0 Å². The number of aromatic nitrogens is 1. The summed E-state index contributed by atoms with van der Waals surface area (Å²) in [6, 6.07) is 8.82. The third kappa shape index (κ3) is 0.871. The quantitative estimate of drug-likeness (QED) is 0.590. The lowest BCUT2D eigenvalue weighted by molar-refractivity contribution is 0.176. The van der Waals surface area contributed by atoms with Gasteiger partial charge >= 0.3 is 0 Å². The van der Waals surface area contributed by atoms with E-state index in [0.29, 0.717) is 10.1 Å². The van der Waals surface area contributed by atoms with Gasteiger partial charge in [0.25, 0.3) is 5.56 Å². The Bertz CT molecular complexity index is 473. The van der Waals surface area contributed by atoms with Crippen molar-refractivity contribution in [3.63, 3.8) is 0 Å². The van der Waals surface area contributed by atoms with Gasteiger partial charge in [0.2, 0.25) is 0 Å². The highest BCUT2D eigenvalue weighted by Crippen LogP contribution is 2.06. The standard InChI is InChI=1S/C9H7NO2/c11-9-8-4-2-1-3-7(8)5-6-10(9)12/h1-6,12H. The predicted molar refractivity (Wildman–Crippen MR) is 45.4 cm³/mol. The zero-order chi connectivity index (χ0) is 8.55. The number of pyridine rings is 1. The maximum absolute atomic E-state index is 11.2. The molecule has 0 saturated carbocycles. The van der Waals surface area contributed by atoms with Crippen molar-refractivity contribution in [1.29, 1.82) is 0 Å². The van der Waals surface area contributed by atoms with E-state index in [-0.39, 0.29) is 5.56 Å². The summed E-state index contributed by atoms with van der Waals surface area (Å²) in [6.45, 7) is 0. The highest BCUT2D eigenvalue weighted by atomic mass is 16.5. The number of hydrogen-bond acceptors (Lipinski definition) is 2. The second kappa shape index (κ2) is 2.37. The Labute approximate surface area is 68.5 Å². The second-order valence-electron chi connectivity index (χ2n) is 2.55. The third-order valence-corrected chi connectivity index (χ3v) is 1.79. The molecule has 0 bridgehead atoms. The van der Waals surface area contributed by atoms with Gasteiger partial charge in [-0.05, 0) is 17.5 Å². The maximum atomic E-state index is 11.2. The summed E-state index contributed by atoms with van der Waals surface area (Å²) in [4.78, 5) is 11.2. The van der Waals surface area contributed by atoms with Gasteiger partial charge < -0.3 is 5.21 Å². The lowest BCUT2D eigenvalue weighted by Gasteiger charge is -1.97. The Hall–Kier alpha value is -1.77. The molecule has 3 heteroatoms. The van der Waals surface area contributed by atoms with Gasteiger partial charge in [-0.1, -0.05) is 18.2 Å². The molecule has 0 fully saturated rings. The molecule has 0 saturated heterocycles. The minimum Gasteiger partial charge on any atom is -0.425 e. The molecule has 60 valence electrons. The molecule has 1 aromatic carbocycles. The number of rotatable bonds is 0. The molecule has 0 aliphatic carbocycles. The fraction of sp³-hybridized carbons (Fsp3) is 0. The minimum atomic E-state index is -0.381. The van der Waals surface area contributed by atoms with E-state index < -0.39 is 0 Å². The smallest absolute Gasteiger partial charge is 0.290 e. The summed E-state index contributed by atoms with van der Waals surface area (Å²) < 4.78 is 0.586. The summed E-state index contributed by atoms with van der Waals surface area (Å²) in [6.07, 6.45) is 1.34. The zero-order valence-electron chi connectivity index (χ0n) is 6.27. The predicted octanol–water partition coefficient (Wildman–Crippen LogP) is 1.24. The molecule has 1 N–H and O–H groups in total. The molecule has 2 aromatic rings. The molecule has 0 aliphatic heterocycles. The first kappa shape index (κ1) is 6.91. The van der Waals surface area contributed by atoms with Crippen molar-refractivity contribution in [2.75, 3.05) is 0 Å². The van der Waals surface area contributed by atoms with Crippen LogP contribution in [0.25, 0.3) is 10.8 Å². The van der Waals surface area contributed by atoms with E-state index in [9.17, 15) is 4.79 Å². The van der Waals surface area contributed by atoms with Crippen molar-refractivity contribution in [2.45, 2.75) is 0 Å². The molecule has 0 amide bonds. The van der Waals surface area contributed by atoms with Gasteiger partial charge in [-0.2, -0.15) is 4.73 Å². The number of hydrogen-bond donors (Lipinski definition) is 1. The van der Waals surface area contributed by atoms with Crippen LogP contribution in [0.15, 0.2) is 41.3 Å². The lowest BCUT2D eigenvalue weighted by atomic mass is 10.2. The number of benzene rings is 1. The molecule has 3 nitrogen and oxygen atoms in total. The Morgan fingerprint density at radius 1 is 1.17 bits per heavy atom. The van der Waals surface area contributed by atoms with Crippen LogP contribution < -0.4 is 5.56 Å². The molecule has 0 atom stereocenters. The largest absolute Gasteiger partial charge is 0.425 e. The fourth-order valence-corrected chi connectivity index (χ4v) is 1.18. The van der Waals surface area contributed by atoms with E-state index in [2.05, 4.69) is 0 Å². The van der Waals surface area contributed by atoms with Crippen molar-refractivity contribution in [1.82, 2.24) is 4.73 Å². The first-order valence-electron chi connectivity index (χ1n) is 3.59. The van der Waals surface area contributed by atoms with Crippen LogP contribution in [0, 0.1) is 0 Å². The van der Waals surface area contributed by atoms with Gasteiger partial charge in [0.15, 0.2) is 0 Å². The molecular formula is C9H7NO2. The van der Waals surface area contributed by atoms with Crippen LogP contribution in [0.2, 0.25) is 0 Å². The highest BCUT2D eigenvalue weighted by molar-refractivity contribution is 5.80. The Morgan fingerprint density at radius 2 is 1.92 bits per heavy atom. The first-order valence-corrected chi connectivity index (χ1v) is 3.59. The van der Waals surface area contributed by atoms with Gasteiger partial charge in [0, 0.05) is 6.20 Å². The van der Waals surface area contributed by atoms with Crippen LogP contribution in [0.3, 0.4) is 0 Å². The van der Waals surface area contributed by atoms with Crippen molar-refractivity contribution in [2.24, 2.45) is 0 Å². The minimum absolute atomic E-state index is 0.381. The average molecular weight is 161 g/mol. The summed E-state index contributed by atoms with van der Waals surface area (Å²) in [5.74, 6) is 0. The van der Waals surface area contributed by atoms with Crippen LogP contribution in [0.5, 0.6) is 0 Å². The average Bonchev–Trinajstić information content (AvgIpc) is 2.12. The summed E-state index contributed by atoms with van der Waals surface area (Å²) in [5.41, 5.74) is -0.381. The van der Waals surface area contributed by atoms with Crippen LogP contribution >= 0.6 is 0 Å². The van der Waals surface area contributed by atoms with Gasteiger partial charge in [-0.3, -0.25) is 4.79 Å². The normalized spacial score (nSPS) is 10.3. The van der Waals surface area contributed by atoms with E-state index in [1.54, 1.807) is 18.2 Å². The highest BCUT2D eigenvalue weighted by Gasteiger charge is 1.98. The molecule has 0 radical (unpaired) electrons. The van der Waals surface area contributed by atoms with Crippen molar-refractivity contribution >= 4 is 10.8 Å². The van der Waals surface area contributed by atoms with Gasteiger partial charge in [-0.25, -0.2) is 0 Å². The van der Waals surface area contributed by atoms with Crippen LogP contribution in [-0.4, -0.2) is 9.94 Å². The van der Waals surface area contributed by atoms with Gasteiger partial charge in [0.1, 0.15) is 0 Å². The van der Waals surface area contributed by atoms with E-state index in [1.165, 1.54) is 6.20 Å². The van der Waals surface area contributed by atoms with Crippen molar-refractivity contribution < 1.29 is 5.21 Å². The van der Waals surface area contributed by atoms with E-state index in [1.807, 2.05) is 12.1 Å². The van der Waals surface area contributed by atoms with Crippen LogP contribution in [0.4, 0.5) is 0 Å². The molecular weight excluding hydrogens is 154 g/mol. The maximum Gasteiger partial charge on any atom is 0.290 e. The van der Waals surface area contributed by atoms with Gasteiger partial charge in [0.05, 0.1) is 5.39 Å². The second-order valence-corrected chi connectivity index (χ2v) is 2.55. The lowest BCUT2D eigenvalue weighted by Crippen LogP contribution is -2.16. The first-order chi connectivity index (χ1) is 5.79. The summed E-state index contributed by atoms with van der Waals surface area (Å²) in [7, 11) is 0. The Morgan fingerprint density at radius 3 is 2.75 bits per heavy atom. The third-order valence-electron chi connectivity index (χ3n) is 1.79. The molecule has 0 aliphatic rings. The van der Waals surface area contributed by atoms with E-state index in [0.717, 1.165) is 5.39 Å². The van der Waals surface area contributed by atoms with Crippen LogP contribution in [-0.2, 0) is 0 Å². The SMILES string of the molecule is O=c1c2ccccc2ccn1O. The van der Waals surface area contributed by atoms with E-state index in [4.69, 9.17) is 5.21 Å². The van der Waals surface area contributed by atoms with Crippen molar-refractivity contribution in [3.05, 3.63) is 46.9 Å². The topological polar surface area (TPSA) is 42.2 Å². The molecule has 0 spiro atoms. The molecule has 12 heavy (non-hydrogen) atoms. The zero-order valence-corrected chi connectivity index (χ0v) is 6.27. The molecule has 1 aromatic heterocycles.